The Morgan fingerprint density at radius 2 is 1.80 bits per heavy atom. The van der Waals surface area contributed by atoms with E-state index in [0.29, 0.717) is 11.3 Å². The Hall–Kier alpha value is -2.99. The summed E-state index contributed by atoms with van der Waals surface area (Å²) in [7, 11) is 0. The van der Waals surface area contributed by atoms with Gasteiger partial charge in [-0.05, 0) is 59.7 Å². The molecule has 2 heterocycles. The lowest BCUT2D eigenvalue weighted by Crippen LogP contribution is -2.38. The fraction of sp³-hybridized carbons (Fsp3) is 0.462. The van der Waals surface area contributed by atoms with Crippen molar-refractivity contribution < 1.29 is 26.7 Å². The first-order valence-corrected chi connectivity index (χ1v) is 11.7. The third kappa shape index (κ3) is 4.64. The first kappa shape index (κ1) is 23.7. The van der Waals surface area contributed by atoms with Crippen LogP contribution in [0.5, 0.6) is 0 Å². The van der Waals surface area contributed by atoms with E-state index in [4.69, 9.17) is 5.26 Å². The van der Waals surface area contributed by atoms with Gasteiger partial charge in [-0.1, -0.05) is 12.1 Å². The van der Waals surface area contributed by atoms with Crippen LogP contribution >= 0.6 is 0 Å². The normalized spacial score (nSPS) is 24.1. The van der Waals surface area contributed by atoms with E-state index in [1.165, 1.54) is 11.0 Å². The third-order valence-electron chi connectivity index (χ3n) is 7.37. The maximum absolute atomic E-state index is 14.0. The summed E-state index contributed by atoms with van der Waals surface area (Å²) in [4.78, 5) is 16.3. The molecule has 0 spiro atoms. The van der Waals surface area contributed by atoms with Gasteiger partial charge in [-0.25, -0.2) is 8.78 Å². The molecule has 2 fully saturated rings. The summed E-state index contributed by atoms with van der Waals surface area (Å²) in [6.45, 7) is 0.0728. The van der Waals surface area contributed by atoms with Crippen molar-refractivity contribution in [1.29, 1.82) is 5.26 Å². The van der Waals surface area contributed by atoms with Crippen molar-refractivity contribution in [3.8, 4) is 6.07 Å². The van der Waals surface area contributed by atoms with Crippen LogP contribution in [0.2, 0.25) is 0 Å². The van der Waals surface area contributed by atoms with Crippen LogP contribution in [0.1, 0.15) is 64.2 Å². The average molecular weight is 489 g/mol. The summed E-state index contributed by atoms with van der Waals surface area (Å²) in [6.07, 6.45) is -3.84. The molecule has 0 unspecified atom stereocenters. The molecule has 2 aromatic carbocycles. The summed E-state index contributed by atoms with van der Waals surface area (Å²) < 4.78 is 68.9. The monoisotopic (exact) mass is 489 g/mol. The number of fused-ring (bicyclic) bond motifs is 1. The fourth-order valence-corrected chi connectivity index (χ4v) is 5.26. The minimum atomic E-state index is -4.65. The lowest BCUT2D eigenvalue weighted by Gasteiger charge is -2.31. The second kappa shape index (κ2) is 8.59. The summed E-state index contributed by atoms with van der Waals surface area (Å²) in [5.74, 6) is -3.03. The van der Waals surface area contributed by atoms with Gasteiger partial charge >= 0.3 is 6.18 Å². The minimum Gasteiger partial charge on any atom is -0.304 e. The number of anilines is 1. The van der Waals surface area contributed by atoms with Crippen molar-refractivity contribution in [3.63, 3.8) is 0 Å². The predicted molar refractivity (Wildman–Crippen MR) is 119 cm³/mol. The van der Waals surface area contributed by atoms with Crippen LogP contribution in [0.15, 0.2) is 36.4 Å². The first-order chi connectivity index (χ1) is 16.5. The fourth-order valence-electron chi connectivity index (χ4n) is 5.26. The summed E-state index contributed by atoms with van der Waals surface area (Å²) in [5, 5.41) is 9.02. The molecule has 184 valence electrons. The first-order valence-electron chi connectivity index (χ1n) is 11.7. The summed E-state index contributed by atoms with van der Waals surface area (Å²) >= 11 is 0. The molecule has 2 aliphatic heterocycles. The number of nitriles is 1. The van der Waals surface area contributed by atoms with Crippen LogP contribution in [-0.2, 0) is 19.3 Å². The number of nitrogens with zero attached hydrogens (tertiary/aromatic N) is 3. The van der Waals surface area contributed by atoms with Crippen molar-refractivity contribution in [2.75, 3.05) is 18.0 Å². The average Bonchev–Trinajstić information content (AvgIpc) is 3.10. The van der Waals surface area contributed by atoms with Gasteiger partial charge in [-0.2, -0.15) is 18.4 Å². The standard InChI is InChI=1S/C26H24F5N3O/c27-25(28)4-6-33(7-5-25)14-17-10-21-22(23(11-17)26(29,30)31)15-34(24(21)35)20-3-1-2-18(12-20)19-8-16(9-19)13-32/h1-3,10-12,16,19H,4-9,14-15H2. The highest BCUT2D eigenvalue weighted by atomic mass is 19.4. The van der Waals surface area contributed by atoms with E-state index < -0.39 is 23.6 Å². The summed E-state index contributed by atoms with van der Waals surface area (Å²) in [6, 6.07) is 12.0. The maximum atomic E-state index is 14.0. The Morgan fingerprint density at radius 1 is 1.09 bits per heavy atom. The molecule has 9 heteroatoms. The van der Waals surface area contributed by atoms with Crippen LogP contribution in [0.4, 0.5) is 27.6 Å². The van der Waals surface area contributed by atoms with Gasteiger partial charge in [-0.3, -0.25) is 9.69 Å². The highest BCUT2D eigenvalue weighted by Crippen LogP contribution is 2.43. The molecule has 3 aliphatic rings. The Balaban J connectivity index is 1.41. The number of rotatable bonds is 4. The smallest absolute Gasteiger partial charge is 0.304 e. The molecule has 5 rings (SSSR count). The van der Waals surface area contributed by atoms with Gasteiger partial charge in [-0.15, -0.1) is 0 Å². The SMILES string of the molecule is N#CC1CC(c2cccc(N3Cc4c(cc(CN5CCC(F)(F)CC5)cc4C(F)(F)F)C3=O)c2)C1. The molecule has 1 saturated heterocycles. The van der Waals surface area contributed by atoms with E-state index >= 15 is 0 Å². The maximum Gasteiger partial charge on any atom is 0.416 e. The number of hydrogen-bond acceptors (Lipinski definition) is 3. The van der Waals surface area contributed by atoms with Gasteiger partial charge in [0.2, 0.25) is 0 Å². The van der Waals surface area contributed by atoms with E-state index in [9.17, 15) is 26.7 Å². The Morgan fingerprint density at radius 3 is 2.46 bits per heavy atom. The van der Waals surface area contributed by atoms with Gasteiger partial charge in [0.1, 0.15) is 0 Å². The minimum absolute atomic E-state index is 0.00996. The number of likely N-dealkylation sites (tertiary alicyclic amines) is 1. The van der Waals surface area contributed by atoms with Gasteiger partial charge in [0, 0.05) is 49.6 Å². The Bertz CT molecular complexity index is 1190. The molecule has 0 bridgehead atoms. The number of halogens is 5. The van der Waals surface area contributed by atoms with Crippen LogP contribution in [0.3, 0.4) is 0 Å². The number of carbonyl (C=O) groups excluding carboxylic acids is 1. The van der Waals surface area contributed by atoms with E-state index in [1.54, 1.807) is 17.0 Å². The molecule has 35 heavy (non-hydrogen) atoms. The predicted octanol–water partition coefficient (Wildman–Crippen LogP) is 6.11. The molecule has 4 nitrogen and oxygen atoms in total. The number of alkyl halides is 5. The molecule has 0 aromatic heterocycles. The number of hydrogen-bond donors (Lipinski definition) is 0. The molecule has 2 aromatic rings. The van der Waals surface area contributed by atoms with Crippen LogP contribution in [-0.4, -0.2) is 29.8 Å². The lowest BCUT2D eigenvalue weighted by atomic mass is 9.72. The Kier molecular flexibility index (Phi) is 5.83. The van der Waals surface area contributed by atoms with Crippen molar-refractivity contribution in [2.45, 2.75) is 56.8 Å². The number of carbonyl (C=O) groups is 1. The van der Waals surface area contributed by atoms with E-state index in [-0.39, 0.29) is 62.0 Å². The quantitative estimate of drug-likeness (QED) is 0.487. The van der Waals surface area contributed by atoms with Crippen molar-refractivity contribution in [2.24, 2.45) is 5.92 Å². The second-order valence-electron chi connectivity index (χ2n) is 9.78. The zero-order valence-corrected chi connectivity index (χ0v) is 18.9. The number of piperidine rings is 1. The highest BCUT2D eigenvalue weighted by Gasteiger charge is 2.41. The molecular weight excluding hydrogens is 465 g/mol. The number of benzene rings is 2. The van der Waals surface area contributed by atoms with Gasteiger partial charge < -0.3 is 4.90 Å². The summed E-state index contributed by atoms with van der Waals surface area (Å²) in [5.41, 5.74) is 0.886. The Labute approximate surface area is 199 Å². The van der Waals surface area contributed by atoms with Crippen LogP contribution < -0.4 is 4.90 Å². The third-order valence-corrected chi connectivity index (χ3v) is 7.37. The molecular formula is C26H24F5N3O. The van der Waals surface area contributed by atoms with Gasteiger partial charge in [0.25, 0.3) is 11.8 Å². The zero-order valence-electron chi connectivity index (χ0n) is 18.9. The highest BCUT2D eigenvalue weighted by molar-refractivity contribution is 6.10. The topological polar surface area (TPSA) is 47.3 Å². The van der Waals surface area contributed by atoms with Gasteiger partial charge in [0.05, 0.1) is 18.2 Å². The molecule has 0 N–H and O–H groups in total. The van der Waals surface area contributed by atoms with Crippen LogP contribution in [0, 0.1) is 17.2 Å². The lowest BCUT2D eigenvalue weighted by molar-refractivity contribution is -0.138. The molecule has 1 aliphatic carbocycles. The molecule has 0 radical (unpaired) electrons. The molecule has 0 atom stereocenters. The second-order valence-corrected chi connectivity index (χ2v) is 9.78. The molecule has 1 amide bonds. The number of amides is 1. The van der Waals surface area contributed by atoms with E-state index in [2.05, 4.69) is 6.07 Å². The zero-order chi connectivity index (χ0) is 25.0. The molecule has 1 saturated carbocycles. The van der Waals surface area contributed by atoms with Crippen molar-refractivity contribution in [3.05, 3.63) is 64.2 Å². The van der Waals surface area contributed by atoms with Crippen molar-refractivity contribution >= 4 is 11.6 Å². The van der Waals surface area contributed by atoms with Gasteiger partial charge in [0.15, 0.2) is 0 Å². The van der Waals surface area contributed by atoms with Crippen molar-refractivity contribution in [1.82, 2.24) is 4.90 Å². The van der Waals surface area contributed by atoms with E-state index in [1.807, 2.05) is 12.1 Å². The largest absolute Gasteiger partial charge is 0.416 e. The van der Waals surface area contributed by atoms with Crippen LogP contribution in [0.25, 0.3) is 0 Å². The van der Waals surface area contributed by atoms with E-state index in [0.717, 1.165) is 24.5 Å².